The Hall–Kier alpha value is -2.05. The lowest BCUT2D eigenvalue weighted by molar-refractivity contribution is -0.131. The molecule has 1 aromatic carbocycles. The van der Waals surface area contributed by atoms with Gasteiger partial charge in [-0.25, -0.2) is 4.39 Å². The number of esters is 1. The van der Waals surface area contributed by atoms with Crippen molar-refractivity contribution in [3.05, 3.63) is 52.2 Å². The van der Waals surface area contributed by atoms with Crippen LogP contribution in [0, 0.1) is 11.7 Å². The lowest BCUT2D eigenvalue weighted by Gasteiger charge is -2.34. The van der Waals surface area contributed by atoms with Gasteiger partial charge in [-0.2, -0.15) is 0 Å². The van der Waals surface area contributed by atoms with Crippen molar-refractivity contribution in [2.45, 2.75) is 38.7 Å². The molecule has 1 aliphatic carbocycles. The third-order valence-electron chi connectivity index (χ3n) is 4.72. The molecule has 4 nitrogen and oxygen atoms in total. The molecule has 6 heteroatoms. The normalized spacial score (nSPS) is 20.0. The van der Waals surface area contributed by atoms with Crippen LogP contribution in [0.25, 0.3) is 0 Å². The number of fused-ring (bicyclic) bond motifs is 1. The molecule has 0 radical (unpaired) electrons. The summed E-state index contributed by atoms with van der Waals surface area (Å²) in [6, 6.07) is 6.12. The van der Waals surface area contributed by atoms with E-state index in [-0.39, 0.29) is 23.2 Å². The van der Waals surface area contributed by atoms with Gasteiger partial charge >= 0.3 is 5.97 Å². The second-order valence-electron chi connectivity index (χ2n) is 6.75. The molecule has 2 aliphatic rings. The Kier molecular flexibility index (Phi) is 4.30. The van der Waals surface area contributed by atoms with Crippen molar-refractivity contribution in [1.82, 2.24) is 4.90 Å². The Balaban J connectivity index is 1.69. The zero-order valence-corrected chi connectivity index (χ0v) is 15.3. The second kappa shape index (κ2) is 6.93. The molecule has 1 aliphatic heterocycles. The standard InChI is InChI=1S/C20H20FNO3S/c1-12(23)25-18-10-14-11-22(9-8-17(14)26-18)19(20(24)13-6-7-13)15-4-2-3-5-16(15)21/h2-5,10,13,19H,6-9,11H2,1H3/t19-/m1/s1/i19D. The number of hydrogen-bond acceptors (Lipinski definition) is 5. The largest absolute Gasteiger partial charge is 0.416 e. The first-order valence-electron chi connectivity index (χ1n) is 9.24. The third-order valence-corrected chi connectivity index (χ3v) is 5.83. The van der Waals surface area contributed by atoms with E-state index in [2.05, 4.69) is 0 Å². The number of benzene rings is 1. The molecule has 0 saturated heterocycles. The maximum atomic E-state index is 14.6. The number of thiophene rings is 1. The highest BCUT2D eigenvalue weighted by Crippen LogP contribution is 2.41. The number of ketones is 1. The summed E-state index contributed by atoms with van der Waals surface area (Å²) in [5, 5.41) is 0.518. The summed E-state index contributed by atoms with van der Waals surface area (Å²) in [7, 11) is 0. The molecule has 1 aromatic heterocycles. The molecule has 1 fully saturated rings. The molecule has 1 atom stereocenters. The predicted molar refractivity (Wildman–Crippen MR) is 96.6 cm³/mol. The summed E-state index contributed by atoms with van der Waals surface area (Å²) >= 11 is 1.41. The maximum Gasteiger partial charge on any atom is 0.308 e. The summed E-state index contributed by atoms with van der Waals surface area (Å²) in [6.07, 6.45) is 2.17. The van der Waals surface area contributed by atoms with Crippen LogP contribution in [0.3, 0.4) is 0 Å². The smallest absolute Gasteiger partial charge is 0.308 e. The molecule has 4 rings (SSSR count). The van der Waals surface area contributed by atoms with E-state index in [9.17, 15) is 14.0 Å². The van der Waals surface area contributed by atoms with Gasteiger partial charge < -0.3 is 4.74 Å². The van der Waals surface area contributed by atoms with Crippen LogP contribution in [0.1, 0.15) is 43.2 Å². The van der Waals surface area contributed by atoms with Crippen LogP contribution >= 0.6 is 11.3 Å². The minimum absolute atomic E-state index is 0.112. The second-order valence-corrected chi connectivity index (χ2v) is 7.85. The average molecular weight is 374 g/mol. The summed E-state index contributed by atoms with van der Waals surface area (Å²) < 4.78 is 28.8. The highest BCUT2D eigenvalue weighted by atomic mass is 32.1. The van der Waals surface area contributed by atoms with Crippen molar-refractivity contribution in [3.8, 4) is 5.06 Å². The number of halogens is 1. The summed E-state index contributed by atoms with van der Waals surface area (Å²) in [5.74, 6) is -1.30. The van der Waals surface area contributed by atoms with E-state index in [0.29, 0.717) is 24.6 Å². The van der Waals surface area contributed by atoms with E-state index in [1.807, 2.05) is 0 Å². The first-order valence-corrected chi connectivity index (χ1v) is 9.55. The van der Waals surface area contributed by atoms with E-state index >= 15 is 0 Å². The SMILES string of the molecule is [2H][C@](C(=O)C1CC1)(c1ccccc1F)N1CCc2sc(OC(C)=O)cc2C1. The molecule has 0 bridgehead atoms. The van der Waals surface area contributed by atoms with Crippen molar-refractivity contribution in [3.63, 3.8) is 0 Å². The topological polar surface area (TPSA) is 46.6 Å². The number of rotatable bonds is 5. The van der Waals surface area contributed by atoms with Crippen molar-refractivity contribution < 1.29 is 20.1 Å². The van der Waals surface area contributed by atoms with Crippen LogP contribution in [0.4, 0.5) is 4.39 Å². The molecule has 136 valence electrons. The van der Waals surface area contributed by atoms with Crippen molar-refractivity contribution in [2.24, 2.45) is 5.92 Å². The summed E-state index contributed by atoms with van der Waals surface area (Å²) in [4.78, 5) is 27.1. The first kappa shape index (κ1) is 16.1. The predicted octanol–water partition coefficient (Wildman–Crippen LogP) is 3.89. The molecule has 0 spiro atoms. The zero-order valence-electron chi connectivity index (χ0n) is 15.5. The molecular weight excluding hydrogens is 353 g/mol. The van der Waals surface area contributed by atoms with Crippen LogP contribution in [-0.2, 0) is 22.6 Å². The van der Waals surface area contributed by atoms with Crippen LogP contribution in [0.15, 0.2) is 30.3 Å². The molecular formula is C20H20FNO3S. The average Bonchev–Trinajstić information content (AvgIpc) is 3.40. The quantitative estimate of drug-likeness (QED) is 0.745. The van der Waals surface area contributed by atoms with Gasteiger partial charge in [0.25, 0.3) is 0 Å². The fourth-order valence-electron chi connectivity index (χ4n) is 3.34. The Morgan fingerprint density at radius 3 is 2.85 bits per heavy atom. The number of hydrogen-bond donors (Lipinski definition) is 0. The van der Waals surface area contributed by atoms with Gasteiger partial charge in [0, 0.05) is 36.4 Å². The highest BCUT2D eigenvalue weighted by molar-refractivity contribution is 7.14. The van der Waals surface area contributed by atoms with Crippen molar-refractivity contribution in [2.75, 3.05) is 6.54 Å². The van der Waals surface area contributed by atoms with Crippen molar-refractivity contribution >= 4 is 23.1 Å². The van der Waals surface area contributed by atoms with E-state index in [1.54, 1.807) is 23.1 Å². The number of Topliss-reactive ketones (excluding diaryl/α,β-unsaturated/α-hetero) is 1. The van der Waals surface area contributed by atoms with E-state index in [4.69, 9.17) is 6.11 Å². The summed E-state index contributed by atoms with van der Waals surface area (Å²) in [6.45, 7) is 2.18. The number of carbonyl (C=O) groups is 2. The van der Waals surface area contributed by atoms with E-state index < -0.39 is 11.8 Å². The molecule has 2 aromatic rings. The minimum Gasteiger partial charge on any atom is -0.416 e. The molecule has 26 heavy (non-hydrogen) atoms. The van der Waals surface area contributed by atoms with Crippen molar-refractivity contribution in [1.29, 1.82) is 0 Å². The van der Waals surface area contributed by atoms with Gasteiger partial charge in [-0.3, -0.25) is 14.5 Å². The fraction of sp³-hybridized carbons (Fsp3) is 0.400. The fourth-order valence-corrected chi connectivity index (χ4v) is 4.39. The van der Waals surface area contributed by atoms with Crippen LogP contribution in [0.5, 0.6) is 5.06 Å². The van der Waals surface area contributed by atoms with Gasteiger partial charge in [-0.05, 0) is 37.0 Å². The minimum atomic E-state index is -1.74. The Morgan fingerprint density at radius 1 is 1.38 bits per heavy atom. The van der Waals surface area contributed by atoms with E-state index in [1.165, 1.54) is 30.4 Å². The van der Waals surface area contributed by atoms with Crippen LogP contribution < -0.4 is 4.74 Å². The lowest BCUT2D eigenvalue weighted by atomic mass is 9.95. The van der Waals surface area contributed by atoms with Gasteiger partial charge in [0.2, 0.25) is 0 Å². The molecule has 1 saturated carbocycles. The lowest BCUT2D eigenvalue weighted by Crippen LogP contribution is -2.38. The maximum absolute atomic E-state index is 14.6. The Labute approximate surface area is 157 Å². The van der Waals surface area contributed by atoms with Crippen LogP contribution in [-0.4, -0.2) is 23.2 Å². The molecule has 2 heterocycles. The van der Waals surface area contributed by atoms with Gasteiger partial charge in [0.1, 0.15) is 5.82 Å². The van der Waals surface area contributed by atoms with Crippen LogP contribution in [0.2, 0.25) is 0 Å². The summed E-state index contributed by atoms with van der Waals surface area (Å²) in [5.41, 5.74) is 1.04. The number of nitrogens with zero attached hydrogens (tertiary/aromatic N) is 1. The number of ether oxygens (including phenoxy) is 1. The van der Waals surface area contributed by atoms with Gasteiger partial charge in [-0.1, -0.05) is 18.2 Å². The van der Waals surface area contributed by atoms with Gasteiger partial charge in [-0.15, -0.1) is 11.3 Å². The first-order chi connectivity index (χ1) is 12.9. The zero-order chi connectivity index (χ0) is 19.2. The van der Waals surface area contributed by atoms with E-state index in [0.717, 1.165) is 23.3 Å². The monoisotopic (exact) mass is 374 g/mol. The van der Waals surface area contributed by atoms with Gasteiger partial charge in [0.05, 0.1) is 7.39 Å². The van der Waals surface area contributed by atoms with Gasteiger partial charge in [0.15, 0.2) is 10.8 Å². The number of carbonyl (C=O) groups excluding carboxylic acids is 2. The highest BCUT2D eigenvalue weighted by Gasteiger charge is 2.40. The Bertz CT molecular complexity index is 910. The molecule has 0 N–H and O–H groups in total. The Morgan fingerprint density at radius 2 is 2.15 bits per heavy atom. The third kappa shape index (κ3) is 3.44. The molecule has 0 unspecified atom stereocenters. The molecule has 0 amide bonds.